The number of rotatable bonds is 6. The number of anilines is 1. The lowest BCUT2D eigenvalue weighted by molar-refractivity contribution is 0.208. The Bertz CT molecular complexity index is 976. The molecule has 0 aliphatic carbocycles. The highest BCUT2D eigenvalue weighted by molar-refractivity contribution is 6.31. The van der Waals surface area contributed by atoms with E-state index in [1.165, 1.54) is 10.7 Å². The van der Waals surface area contributed by atoms with E-state index in [-0.39, 0.29) is 12.3 Å². The highest BCUT2D eigenvalue weighted by Crippen LogP contribution is 2.33. The second kappa shape index (κ2) is 8.03. The molecule has 0 aliphatic rings. The monoisotopic (exact) mass is 384 g/mol. The Hall–Kier alpha value is -3.15. The summed E-state index contributed by atoms with van der Waals surface area (Å²) in [7, 11) is 0. The number of phenolic OH excluding ortho intramolecular Hbond substituents is 1. The number of nitriles is 1. The van der Waals surface area contributed by atoms with Gasteiger partial charge in [0.1, 0.15) is 18.0 Å². The number of hydrogen-bond acceptors (Lipinski definition) is 7. The summed E-state index contributed by atoms with van der Waals surface area (Å²) in [6.45, 7) is 2.04. The van der Waals surface area contributed by atoms with Crippen LogP contribution in [0.2, 0.25) is 5.02 Å². The lowest BCUT2D eigenvalue weighted by atomic mass is 10.1. The minimum absolute atomic E-state index is 0.0141. The van der Waals surface area contributed by atoms with Gasteiger partial charge >= 0.3 is 0 Å². The van der Waals surface area contributed by atoms with Gasteiger partial charge in [-0.25, -0.2) is 9.97 Å². The SMILES string of the molecule is C[C@H](O)CNc1nccc(-c2cn(CC#N)nc2-c2cc(O)cc(Cl)c2)n1. The van der Waals surface area contributed by atoms with Crippen LogP contribution in [0.1, 0.15) is 6.92 Å². The fourth-order valence-corrected chi connectivity index (χ4v) is 2.75. The van der Waals surface area contributed by atoms with Crippen LogP contribution in [0.15, 0.2) is 36.7 Å². The predicted molar refractivity (Wildman–Crippen MR) is 101 cm³/mol. The fraction of sp³-hybridized carbons (Fsp3) is 0.222. The van der Waals surface area contributed by atoms with E-state index in [0.29, 0.717) is 40.0 Å². The lowest BCUT2D eigenvalue weighted by Gasteiger charge is -2.08. The van der Waals surface area contributed by atoms with E-state index in [1.807, 2.05) is 6.07 Å². The molecule has 1 aromatic carbocycles. The third-order valence-corrected chi connectivity index (χ3v) is 3.86. The number of aromatic nitrogens is 4. The van der Waals surface area contributed by atoms with Crippen LogP contribution in [-0.2, 0) is 6.54 Å². The van der Waals surface area contributed by atoms with Crippen LogP contribution < -0.4 is 5.32 Å². The van der Waals surface area contributed by atoms with Crippen LogP contribution >= 0.6 is 11.6 Å². The topological polar surface area (TPSA) is 120 Å². The van der Waals surface area contributed by atoms with Gasteiger partial charge in [0.2, 0.25) is 5.95 Å². The number of aliphatic hydroxyl groups excluding tert-OH is 1. The quantitative estimate of drug-likeness (QED) is 0.597. The minimum atomic E-state index is -0.541. The van der Waals surface area contributed by atoms with E-state index in [1.54, 1.807) is 37.5 Å². The van der Waals surface area contributed by atoms with Gasteiger partial charge in [-0.05, 0) is 31.2 Å². The maximum Gasteiger partial charge on any atom is 0.223 e. The molecule has 3 aromatic rings. The Morgan fingerprint density at radius 3 is 2.89 bits per heavy atom. The van der Waals surface area contributed by atoms with Crippen LogP contribution in [0.3, 0.4) is 0 Å². The first-order valence-electron chi connectivity index (χ1n) is 8.16. The normalized spacial score (nSPS) is 11.8. The van der Waals surface area contributed by atoms with Gasteiger partial charge in [-0.1, -0.05) is 11.6 Å². The van der Waals surface area contributed by atoms with E-state index < -0.39 is 6.10 Å². The molecule has 2 aromatic heterocycles. The average Bonchev–Trinajstić information content (AvgIpc) is 3.04. The van der Waals surface area contributed by atoms with Crippen LogP contribution in [0.5, 0.6) is 5.75 Å². The van der Waals surface area contributed by atoms with Crippen molar-refractivity contribution in [1.29, 1.82) is 5.26 Å². The largest absolute Gasteiger partial charge is 0.508 e. The summed E-state index contributed by atoms with van der Waals surface area (Å²) in [6, 6.07) is 8.42. The van der Waals surface area contributed by atoms with E-state index in [2.05, 4.69) is 20.4 Å². The standard InChI is InChI=1S/C18H17ClN6O2/c1-11(26)9-22-18-21-4-2-16(23-18)15-10-25(5-3-20)24-17(15)12-6-13(19)8-14(27)7-12/h2,4,6-8,10-11,26-27H,5,9H2,1H3,(H,21,22,23)/t11-/m0/s1. The molecule has 0 unspecified atom stereocenters. The summed E-state index contributed by atoms with van der Waals surface area (Å²) in [6.07, 6.45) is 2.76. The van der Waals surface area contributed by atoms with Gasteiger partial charge in [0, 0.05) is 35.1 Å². The number of phenols is 1. The minimum Gasteiger partial charge on any atom is -0.508 e. The third-order valence-electron chi connectivity index (χ3n) is 3.64. The van der Waals surface area contributed by atoms with Crippen molar-refractivity contribution in [3.05, 3.63) is 41.7 Å². The van der Waals surface area contributed by atoms with Gasteiger partial charge in [-0.2, -0.15) is 10.4 Å². The predicted octanol–water partition coefficient (Wildman–Crippen LogP) is 2.68. The van der Waals surface area contributed by atoms with Crippen molar-refractivity contribution in [1.82, 2.24) is 19.7 Å². The Morgan fingerprint density at radius 2 is 2.19 bits per heavy atom. The van der Waals surface area contributed by atoms with Crippen molar-refractivity contribution in [3.8, 4) is 34.3 Å². The molecule has 1 atom stereocenters. The molecule has 3 rings (SSSR count). The van der Waals surface area contributed by atoms with Crippen molar-refractivity contribution in [2.45, 2.75) is 19.6 Å². The van der Waals surface area contributed by atoms with E-state index in [9.17, 15) is 10.2 Å². The molecule has 2 heterocycles. The number of halogens is 1. The molecular weight excluding hydrogens is 368 g/mol. The van der Waals surface area contributed by atoms with E-state index in [4.69, 9.17) is 16.9 Å². The van der Waals surface area contributed by atoms with Gasteiger partial charge < -0.3 is 15.5 Å². The number of benzene rings is 1. The Morgan fingerprint density at radius 1 is 1.37 bits per heavy atom. The molecule has 0 saturated heterocycles. The molecule has 0 spiro atoms. The van der Waals surface area contributed by atoms with Gasteiger partial charge in [-0.3, -0.25) is 4.68 Å². The Kier molecular flexibility index (Phi) is 5.54. The first-order valence-corrected chi connectivity index (χ1v) is 8.53. The molecule has 0 saturated carbocycles. The van der Waals surface area contributed by atoms with E-state index >= 15 is 0 Å². The Balaban J connectivity index is 2.07. The third kappa shape index (κ3) is 4.53. The van der Waals surface area contributed by atoms with Gasteiger partial charge in [0.25, 0.3) is 0 Å². The number of aromatic hydroxyl groups is 1. The Labute approximate surface area is 160 Å². The number of nitrogens with zero attached hydrogens (tertiary/aromatic N) is 5. The molecule has 0 bridgehead atoms. The first-order chi connectivity index (χ1) is 13.0. The van der Waals surface area contributed by atoms with Crippen molar-refractivity contribution >= 4 is 17.5 Å². The molecule has 0 aliphatic heterocycles. The summed E-state index contributed by atoms with van der Waals surface area (Å²) in [5, 5.41) is 36.0. The molecule has 138 valence electrons. The first kappa shape index (κ1) is 18.6. The second-order valence-electron chi connectivity index (χ2n) is 5.94. The second-order valence-corrected chi connectivity index (χ2v) is 6.38. The molecule has 3 N–H and O–H groups in total. The summed E-state index contributed by atoms with van der Waals surface area (Å²) < 4.78 is 1.49. The van der Waals surface area contributed by atoms with Crippen molar-refractivity contribution in [3.63, 3.8) is 0 Å². The number of hydrogen-bond donors (Lipinski definition) is 3. The van der Waals surface area contributed by atoms with Crippen molar-refractivity contribution in [2.24, 2.45) is 0 Å². The zero-order chi connectivity index (χ0) is 19.4. The number of nitrogens with one attached hydrogen (secondary N) is 1. The zero-order valence-corrected chi connectivity index (χ0v) is 15.2. The molecular formula is C18H17ClN6O2. The van der Waals surface area contributed by atoms with Crippen LogP contribution in [0.4, 0.5) is 5.95 Å². The van der Waals surface area contributed by atoms with E-state index in [0.717, 1.165) is 0 Å². The van der Waals surface area contributed by atoms with Gasteiger partial charge in [0.15, 0.2) is 0 Å². The molecule has 9 heteroatoms. The van der Waals surface area contributed by atoms with Crippen LogP contribution in [-0.4, -0.2) is 42.6 Å². The average molecular weight is 385 g/mol. The van der Waals surface area contributed by atoms with Gasteiger partial charge in [-0.15, -0.1) is 0 Å². The van der Waals surface area contributed by atoms with Gasteiger partial charge in [0.05, 0.1) is 17.9 Å². The maximum absolute atomic E-state index is 9.86. The van der Waals surface area contributed by atoms with Crippen molar-refractivity contribution < 1.29 is 10.2 Å². The molecule has 8 nitrogen and oxygen atoms in total. The summed E-state index contributed by atoms with van der Waals surface area (Å²) >= 11 is 6.06. The van der Waals surface area contributed by atoms with Crippen LogP contribution in [0, 0.1) is 11.3 Å². The highest BCUT2D eigenvalue weighted by Gasteiger charge is 2.16. The maximum atomic E-state index is 9.86. The zero-order valence-electron chi connectivity index (χ0n) is 14.5. The highest BCUT2D eigenvalue weighted by atomic mass is 35.5. The van der Waals surface area contributed by atoms with Crippen LogP contribution in [0.25, 0.3) is 22.5 Å². The molecule has 27 heavy (non-hydrogen) atoms. The molecule has 0 fully saturated rings. The summed E-state index contributed by atoms with van der Waals surface area (Å²) in [4.78, 5) is 8.59. The fourth-order valence-electron chi connectivity index (χ4n) is 2.52. The number of aliphatic hydroxyl groups is 1. The lowest BCUT2D eigenvalue weighted by Crippen LogP contribution is -2.16. The van der Waals surface area contributed by atoms with Crippen molar-refractivity contribution in [2.75, 3.05) is 11.9 Å². The smallest absolute Gasteiger partial charge is 0.223 e. The molecule has 0 amide bonds. The summed E-state index contributed by atoms with van der Waals surface area (Å²) in [5.74, 6) is 0.376. The molecule has 0 radical (unpaired) electrons. The summed E-state index contributed by atoms with van der Waals surface area (Å²) in [5.41, 5.74) is 2.37.